The van der Waals surface area contributed by atoms with Crippen LogP contribution < -0.4 is 5.32 Å². The molecule has 0 aliphatic rings. The monoisotopic (exact) mass is 211 g/mol. The summed E-state index contributed by atoms with van der Waals surface area (Å²) in [6.45, 7) is 7.33. The van der Waals surface area contributed by atoms with Crippen molar-refractivity contribution in [1.29, 1.82) is 0 Å². The Hall–Kier alpha value is -0.870. The van der Waals surface area contributed by atoms with Crippen LogP contribution in [0.4, 0.5) is 0 Å². The molecule has 1 atom stereocenters. The molecule has 0 saturated carbocycles. The van der Waals surface area contributed by atoms with E-state index in [2.05, 4.69) is 24.3 Å². The van der Waals surface area contributed by atoms with Gasteiger partial charge in [-0.25, -0.2) is 0 Å². The second kappa shape index (κ2) is 5.28. The first-order valence-electron chi connectivity index (χ1n) is 5.39. The van der Waals surface area contributed by atoms with Crippen LogP contribution in [0.15, 0.2) is 6.20 Å². The Morgan fingerprint density at radius 2 is 2.20 bits per heavy atom. The summed E-state index contributed by atoms with van der Waals surface area (Å²) in [5.74, 6) is 0.580. The topological polar surface area (TPSA) is 50.1 Å². The second-order valence-corrected chi connectivity index (χ2v) is 4.35. The predicted molar refractivity (Wildman–Crippen MR) is 60.6 cm³/mol. The minimum Gasteiger partial charge on any atom is -0.394 e. The number of rotatable bonds is 5. The minimum atomic E-state index is 0.00102. The smallest absolute Gasteiger partial charge is 0.0627 e. The molecule has 0 spiro atoms. The number of nitrogens with zero attached hydrogens (tertiary/aromatic N) is 2. The van der Waals surface area contributed by atoms with Crippen molar-refractivity contribution >= 4 is 0 Å². The van der Waals surface area contributed by atoms with E-state index in [-0.39, 0.29) is 12.6 Å². The van der Waals surface area contributed by atoms with E-state index >= 15 is 0 Å². The first-order chi connectivity index (χ1) is 7.06. The van der Waals surface area contributed by atoms with Crippen LogP contribution in [0.2, 0.25) is 0 Å². The van der Waals surface area contributed by atoms with Crippen LogP contribution in [0, 0.1) is 12.8 Å². The molecule has 15 heavy (non-hydrogen) atoms. The molecule has 1 unspecified atom stereocenters. The zero-order chi connectivity index (χ0) is 11.4. The van der Waals surface area contributed by atoms with Gasteiger partial charge in [0.25, 0.3) is 0 Å². The molecule has 1 heterocycles. The van der Waals surface area contributed by atoms with E-state index in [0.29, 0.717) is 5.92 Å². The van der Waals surface area contributed by atoms with E-state index in [9.17, 15) is 5.11 Å². The van der Waals surface area contributed by atoms with Crippen LogP contribution >= 0.6 is 0 Å². The van der Waals surface area contributed by atoms with E-state index in [4.69, 9.17) is 0 Å². The lowest BCUT2D eigenvalue weighted by atomic mass is 10.1. The molecule has 0 radical (unpaired) electrons. The molecular formula is C11H21N3O. The molecule has 1 aromatic heterocycles. The van der Waals surface area contributed by atoms with E-state index in [1.807, 2.05) is 24.9 Å². The van der Waals surface area contributed by atoms with Gasteiger partial charge in [-0.15, -0.1) is 0 Å². The van der Waals surface area contributed by atoms with Gasteiger partial charge in [-0.3, -0.25) is 4.68 Å². The third-order valence-electron chi connectivity index (χ3n) is 2.60. The summed E-state index contributed by atoms with van der Waals surface area (Å²) in [7, 11) is 1.91. The van der Waals surface area contributed by atoms with Gasteiger partial charge in [0.15, 0.2) is 0 Å². The molecule has 1 aromatic rings. The van der Waals surface area contributed by atoms with Gasteiger partial charge in [0, 0.05) is 18.3 Å². The normalized spacial score (nSPS) is 13.5. The lowest BCUT2D eigenvalue weighted by Gasteiger charge is -2.17. The Morgan fingerprint density at radius 1 is 1.53 bits per heavy atom. The maximum Gasteiger partial charge on any atom is 0.0627 e. The van der Waals surface area contributed by atoms with Crippen LogP contribution in [-0.2, 0) is 7.05 Å². The first kappa shape index (κ1) is 12.2. The highest BCUT2D eigenvalue weighted by Gasteiger charge is 2.15. The fourth-order valence-electron chi connectivity index (χ4n) is 1.51. The highest BCUT2D eigenvalue weighted by atomic mass is 16.3. The van der Waals surface area contributed by atoms with Crippen LogP contribution in [0.1, 0.15) is 31.1 Å². The Bertz CT molecular complexity index is 307. The van der Waals surface area contributed by atoms with E-state index in [1.54, 1.807) is 0 Å². The van der Waals surface area contributed by atoms with Crippen molar-refractivity contribution in [2.45, 2.75) is 26.8 Å². The maximum atomic E-state index is 9.33. The fraction of sp³-hybridized carbons (Fsp3) is 0.727. The second-order valence-electron chi connectivity index (χ2n) is 4.35. The molecule has 0 aliphatic carbocycles. The predicted octanol–water partition coefficient (Wildman–Crippen LogP) is 1.01. The Kier molecular flexibility index (Phi) is 4.29. The number of aliphatic hydroxyl groups is 1. The third-order valence-corrected chi connectivity index (χ3v) is 2.60. The number of aliphatic hydroxyl groups excluding tert-OH is 1. The van der Waals surface area contributed by atoms with Crippen molar-refractivity contribution in [3.8, 4) is 0 Å². The van der Waals surface area contributed by atoms with E-state index in [0.717, 1.165) is 17.8 Å². The number of aromatic nitrogens is 2. The van der Waals surface area contributed by atoms with Crippen molar-refractivity contribution in [2.75, 3.05) is 13.2 Å². The molecule has 0 saturated heterocycles. The third kappa shape index (κ3) is 3.04. The first-order valence-corrected chi connectivity index (χ1v) is 5.39. The number of hydrogen-bond acceptors (Lipinski definition) is 3. The summed E-state index contributed by atoms with van der Waals surface area (Å²) in [6.07, 6.45) is 1.82. The van der Waals surface area contributed by atoms with Gasteiger partial charge < -0.3 is 10.4 Å². The molecule has 0 bridgehead atoms. The average molecular weight is 211 g/mol. The fourth-order valence-corrected chi connectivity index (χ4v) is 1.51. The minimum absolute atomic E-state index is 0.00102. The molecule has 4 heteroatoms. The van der Waals surface area contributed by atoms with Crippen LogP contribution in [0.25, 0.3) is 0 Å². The zero-order valence-electron chi connectivity index (χ0n) is 9.99. The molecular weight excluding hydrogens is 190 g/mol. The summed E-state index contributed by atoms with van der Waals surface area (Å²) < 4.78 is 1.83. The number of nitrogens with one attached hydrogen (secondary N) is 1. The molecule has 0 aliphatic heterocycles. The summed E-state index contributed by atoms with van der Waals surface area (Å²) in [5.41, 5.74) is 2.19. The Balaban J connectivity index is 2.70. The largest absolute Gasteiger partial charge is 0.394 e. The van der Waals surface area contributed by atoms with Crippen molar-refractivity contribution in [3.05, 3.63) is 17.5 Å². The summed E-state index contributed by atoms with van der Waals surface area (Å²) in [5, 5.41) is 16.8. The molecule has 4 nitrogen and oxygen atoms in total. The highest BCUT2D eigenvalue weighted by Crippen LogP contribution is 2.16. The molecule has 1 rings (SSSR count). The Morgan fingerprint density at radius 3 is 2.60 bits per heavy atom. The van der Waals surface area contributed by atoms with Crippen molar-refractivity contribution in [1.82, 2.24) is 15.1 Å². The molecule has 0 fully saturated rings. The van der Waals surface area contributed by atoms with E-state index in [1.165, 1.54) is 0 Å². The van der Waals surface area contributed by atoms with Crippen LogP contribution in [0.3, 0.4) is 0 Å². The van der Waals surface area contributed by atoms with Crippen molar-refractivity contribution in [3.63, 3.8) is 0 Å². The summed E-state index contributed by atoms with van der Waals surface area (Å²) in [4.78, 5) is 0. The summed E-state index contributed by atoms with van der Waals surface area (Å²) >= 11 is 0. The molecule has 2 N–H and O–H groups in total. The molecule has 0 amide bonds. The lowest BCUT2D eigenvalue weighted by molar-refractivity contribution is 0.240. The molecule has 0 aromatic carbocycles. The zero-order valence-corrected chi connectivity index (χ0v) is 9.99. The maximum absolute atomic E-state index is 9.33. The van der Waals surface area contributed by atoms with Gasteiger partial charge in [-0.05, 0) is 19.4 Å². The van der Waals surface area contributed by atoms with Crippen LogP contribution in [0.5, 0.6) is 0 Å². The number of aryl methyl sites for hydroxylation is 1. The number of hydrogen-bond donors (Lipinski definition) is 2. The summed E-state index contributed by atoms with van der Waals surface area (Å²) in [6, 6.07) is 0.00102. The van der Waals surface area contributed by atoms with Gasteiger partial charge in [-0.2, -0.15) is 5.10 Å². The highest BCUT2D eigenvalue weighted by molar-refractivity contribution is 5.20. The van der Waals surface area contributed by atoms with Crippen molar-refractivity contribution < 1.29 is 5.11 Å². The van der Waals surface area contributed by atoms with Gasteiger partial charge in [0.2, 0.25) is 0 Å². The molecule has 86 valence electrons. The quantitative estimate of drug-likeness (QED) is 0.764. The lowest BCUT2D eigenvalue weighted by Crippen LogP contribution is -2.28. The van der Waals surface area contributed by atoms with Gasteiger partial charge in [0.1, 0.15) is 0 Å². The van der Waals surface area contributed by atoms with Crippen molar-refractivity contribution in [2.24, 2.45) is 13.0 Å². The Labute approximate surface area is 91.3 Å². The average Bonchev–Trinajstić information content (AvgIpc) is 2.50. The van der Waals surface area contributed by atoms with Crippen LogP contribution in [-0.4, -0.2) is 28.0 Å². The SMILES string of the molecule is Cc1c(C(CO)NCC(C)C)cnn1C. The van der Waals surface area contributed by atoms with Gasteiger partial charge in [-0.1, -0.05) is 13.8 Å². The van der Waals surface area contributed by atoms with Gasteiger partial charge in [0.05, 0.1) is 18.8 Å². The standard InChI is InChI=1S/C11H21N3O/c1-8(2)5-12-11(7-15)10-6-13-14(4)9(10)3/h6,8,11-12,15H,5,7H2,1-4H3. The van der Waals surface area contributed by atoms with Gasteiger partial charge >= 0.3 is 0 Å². The van der Waals surface area contributed by atoms with E-state index < -0.39 is 0 Å².